The first kappa shape index (κ1) is 20.4. The summed E-state index contributed by atoms with van der Waals surface area (Å²) in [7, 11) is 0. The minimum atomic E-state index is -0.267. The van der Waals surface area contributed by atoms with Crippen LogP contribution in [0.5, 0.6) is 0 Å². The minimum Gasteiger partial charge on any atom is -0.372 e. The normalized spacial score (nSPS) is 26.6. The van der Waals surface area contributed by atoms with E-state index in [1.165, 1.54) is 0 Å². The summed E-state index contributed by atoms with van der Waals surface area (Å²) in [5.74, 6) is 0.925. The molecule has 0 aromatic heterocycles. The number of hydrogen-bond donors (Lipinski definition) is 0. The lowest BCUT2D eigenvalue weighted by atomic mass is 9.73. The first-order valence-corrected chi connectivity index (χ1v) is 9.98. The molecule has 25 heavy (non-hydrogen) atoms. The second-order valence-electron chi connectivity index (χ2n) is 9.92. The molecule has 1 amide bonds. The number of nitrogens with zero attached hydrogens (tertiary/aromatic N) is 1. The molecule has 2 rings (SSSR count). The smallest absolute Gasteiger partial charge is 0.225 e. The summed E-state index contributed by atoms with van der Waals surface area (Å²) < 4.78 is 6.05. The van der Waals surface area contributed by atoms with E-state index in [4.69, 9.17) is 4.74 Å². The van der Waals surface area contributed by atoms with Gasteiger partial charge in [-0.3, -0.25) is 9.59 Å². The summed E-state index contributed by atoms with van der Waals surface area (Å²) in [5, 5.41) is 0. The van der Waals surface area contributed by atoms with Crippen LogP contribution < -0.4 is 0 Å². The number of likely N-dealkylation sites (tertiary alicyclic amines) is 1. The molecule has 0 spiro atoms. The molecule has 1 saturated carbocycles. The number of ketones is 1. The van der Waals surface area contributed by atoms with Gasteiger partial charge in [0.05, 0.1) is 11.7 Å². The van der Waals surface area contributed by atoms with Gasteiger partial charge in [0, 0.05) is 30.3 Å². The van der Waals surface area contributed by atoms with E-state index in [0.717, 1.165) is 51.6 Å². The van der Waals surface area contributed by atoms with E-state index >= 15 is 0 Å². The van der Waals surface area contributed by atoms with Crippen molar-refractivity contribution in [2.45, 2.75) is 91.8 Å². The molecule has 2 fully saturated rings. The second kappa shape index (κ2) is 7.77. The molecular formula is C21H37NO3. The topological polar surface area (TPSA) is 46.6 Å². The Morgan fingerprint density at radius 2 is 1.28 bits per heavy atom. The summed E-state index contributed by atoms with van der Waals surface area (Å²) in [6.45, 7) is 13.9. The average molecular weight is 352 g/mol. The van der Waals surface area contributed by atoms with Gasteiger partial charge in [0.15, 0.2) is 0 Å². The number of Topliss-reactive ketones (excluding diaryl/α,β-unsaturated/α-hetero) is 1. The van der Waals surface area contributed by atoms with Crippen molar-refractivity contribution in [2.75, 3.05) is 13.1 Å². The van der Waals surface area contributed by atoms with Gasteiger partial charge >= 0.3 is 0 Å². The van der Waals surface area contributed by atoms with E-state index in [2.05, 4.69) is 20.8 Å². The van der Waals surface area contributed by atoms with Gasteiger partial charge in [-0.1, -0.05) is 20.8 Å². The molecule has 0 bridgehead atoms. The lowest BCUT2D eigenvalue weighted by Gasteiger charge is -2.38. The van der Waals surface area contributed by atoms with Gasteiger partial charge < -0.3 is 9.64 Å². The van der Waals surface area contributed by atoms with Crippen LogP contribution in [0, 0.1) is 17.3 Å². The molecule has 4 heteroatoms. The highest BCUT2D eigenvalue weighted by molar-refractivity contribution is 5.86. The number of rotatable bonds is 3. The molecular weight excluding hydrogens is 314 g/mol. The monoisotopic (exact) mass is 351 g/mol. The quantitative estimate of drug-likeness (QED) is 0.765. The SMILES string of the molecule is CC(C)(C)OC1CCN(C(=O)[C@H]2CC[C@H](C(=O)C(C)(C)C)CC2)CC1. The van der Waals surface area contributed by atoms with Crippen molar-refractivity contribution in [1.29, 1.82) is 0 Å². The lowest BCUT2D eigenvalue weighted by Crippen LogP contribution is -2.46. The summed E-state index contributed by atoms with van der Waals surface area (Å²) in [6, 6.07) is 0. The van der Waals surface area contributed by atoms with Gasteiger partial charge in [0.2, 0.25) is 5.91 Å². The van der Waals surface area contributed by atoms with Crippen molar-refractivity contribution >= 4 is 11.7 Å². The lowest BCUT2D eigenvalue weighted by molar-refractivity contribution is -0.143. The van der Waals surface area contributed by atoms with Crippen LogP contribution in [0.2, 0.25) is 0 Å². The predicted octanol–water partition coefficient (Wildman–Crippen LogP) is 4.21. The predicted molar refractivity (Wildman–Crippen MR) is 100 cm³/mol. The van der Waals surface area contributed by atoms with Crippen molar-refractivity contribution in [1.82, 2.24) is 4.90 Å². The summed E-state index contributed by atoms with van der Waals surface area (Å²) >= 11 is 0. The molecule has 1 saturated heterocycles. The van der Waals surface area contributed by atoms with E-state index in [1.54, 1.807) is 0 Å². The van der Waals surface area contributed by atoms with Crippen molar-refractivity contribution < 1.29 is 14.3 Å². The van der Waals surface area contributed by atoms with Crippen LogP contribution in [-0.4, -0.2) is 41.4 Å². The largest absolute Gasteiger partial charge is 0.372 e. The summed E-state index contributed by atoms with van der Waals surface area (Å²) in [4.78, 5) is 27.3. The highest BCUT2D eigenvalue weighted by Gasteiger charge is 2.36. The van der Waals surface area contributed by atoms with E-state index in [9.17, 15) is 9.59 Å². The fourth-order valence-electron chi connectivity index (χ4n) is 4.17. The molecule has 1 aliphatic carbocycles. The van der Waals surface area contributed by atoms with Crippen LogP contribution in [0.4, 0.5) is 0 Å². The zero-order chi connectivity index (χ0) is 18.8. The van der Waals surface area contributed by atoms with Crippen LogP contribution in [0.3, 0.4) is 0 Å². The van der Waals surface area contributed by atoms with E-state index in [0.29, 0.717) is 11.7 Å². The van der Waals surface area contributed by atoms with Gasteiger partial charge in [0.1, 0.15) is 5.78 Å². The fourth-order valence-corrected chi connectivity index (χ4v) is 4.17. The zero-order valence-electron chi connectivity index (χ0n) is 17.1. The van der Waals surface area contributed by atoms with Crippen LogP contribution in [0.1, 0.15) is 80.1 Å². The van der Waals surface area contributed by atoms with Gasteiger partial charge in [0.25, 0.3) is 0 Å². The molecule has 1 heterocycles. The fraction of sp³-hybridized carbons (Fsp3) is 0.905. The molecule has 0 unspecified atom stereocenters. The molecule has 1 aliphatic heterocycles. The maximum Gasteiger partial charge on any atom is 0.225 e. The third kappa shape index (κ3) is 5.80. The van der Waals surface area contributed by atoms with Crippen LogP contribution in [0.25, 0.3) is 0 Å². The van der Waals surface area contributed by atoms with Crippen molar-refractivity contribution in [3.63, 3.8) is 0 Å². The van der Waals surface area contributed by atoms with E-state index in [-0.39, 0.29) is 29.0 Å². The third-order valence-corrected chi connectivity index (χ3v) is 5.46. The van der Waals surface area contributed by atoms with Gasteiger partial charge in [-0.05, 0) is 59.3 Å². The first-order valence-electron chi connectivity index (χ1n) is 9.98. The maximum absolute atomic E-state index is 12.8. The van der Waals surface area contributed by atoms with Crippen LogP contribution in [0.15, 0.2) is 0 Å². The second-order valence-corrected chi connectivity index (χ2v) is 9.92. The van der Waals surface area contributed by atoms with Gasteiger partial charge in [-0.25, -0.2) is 0 Å². The minimum absolute atomic E-state index is 0.115. The number of carbonyl (C=O) groups excluding carboxylic acids is 2. The molecule has 0 aromatic rings. The Labute approximate surface area is 153 Å². The van der Waals surface area contributed by atoms with Crippen LogP contribution >= 0.6 is 0 Å². The molecule has 2 aliphatic rings. The number of piperidine rings is 1. The number of carbonyl (C=O) groups is 2. The van der Waals surface area contributed by atoms with Gasteiger partial charge in [-0.15, -0.1) is 0 Å². The Bertz CT molecular complexity index is 470. The van der Waals surface area contributed by atoms with Crippen molar-refractivity contribution in [3.05, 3.63) is 0 Å². The number of hydrogen-bond acceptors (Lipinski definition) is 3. The summed E-state index contributed by atoms with van der Waals surface area (Å²) in [5.41, 5.74) is -0.384. The molecule has 144 valence electrons. The third-order valence-electron chi connectivity index (χ3n) is 5.46. The molecule has 0 radical (unpaired) electrons. The highest BCUT2D eigenvalue weighted by atomic mass is 16.5. The average Bonchev–Trinajstić information content (AvgIpc) is 2.52. The molecule has 0 N–H and O–H groups in total. The molecule has 0 aromatic carbocycles. The Kier molecular flexibility index (Phi) is 6.35. The Morgan fingerprint density at radius 3 is 1.72 bits per heavy atom. The molecule has 0 atom stereocenters. The van der Waals surface area contributed by atoms with Crippen molar-refractivity contribution in [3.8, 4) is 0 Å². The zero-order valence-corrected chi connectivity index (χ0v) is 17.1. The highest BCUT2D eigenvalue weighted by Crippen LogP contribution is 2.35. The van der Waals surface area contributed by atoms with Crippen LogP contribution in [-0.2, 0) is 14.3 Å². The Morgan fingerprint density at radius 1 is 0.800 bits per heavy atom. The van der Waals surface area contributed by atoms with E-state index < -0.39 is 0 Å². The summed E-state index contributed by atoms with van der Waals surface area (Å²) in [6.07, 6.45) is 5.60. The number of amides is 1. The first-order chi connectivity index (χ1) is 11.5. The number of ether oxygens (including phenoxy) is 1. The van der Waals surface area contributed by atoms with Gasteiger partial charge in [-0.2, -0.15) is 0 Å². The van der Waals surface area contributed by atoms with Crippen molar-refractivity contribution in [2.24, 2.45) is 17.3 Å². The Balaban J connectivity index is 1.79. The molecule has 4 nitrogen and oxygen atoms in total. The standard InChI is InChI=1S/C21H37NO3/c1-20(2,3)18(23)15-7-9-16(10-8-15)19(24)22-13-11-17(12-14-22)25-21(4,5)6/h15-17H,7-14H2,1-6H3/t15-,16-. The maximum atomic E-state index is 12.8. The Hall–Kier alpha value is -0.900. The van der Waals surface area contributed by atoms with E-state index in [1.807, 2.05) is 25.7 Å².